The number of piperidine rings is 1. The first-order valence-electron chi connectivity index (χ1n) is 8.44. The maximum atomic E-state index is 12.4. The molecule has 0 N–H and O–H groups in total. The number of rotatable bonds is 5. The summed E-state index contributed by atoms with van der Waals surface area (Å²) < 4.78 is 6.07. The number of likely N-dealkylation sites (tertiary alicyclic amines) is 1. The molecule has 0 spiro atoms. The Hall–Kier alpha value is -2.25. The van der Waals surface area contributed by atoms with E-state index in [1.165, 1.54) is 17.7 Å². The van der Waals surface area contributed by atoms with Gasteiger partial charge >= 0.3 is 5.97 Å². The van der Waals surface area contributed by atoms with Crippen molar-refractivity contribution in [2.75, 3.05) is 13.1 Å². The largest absolute Gasteiger partial charge is 0.458 e. The highest BCUT2D eigenvalue weighted by molar-refractivity contribution is 9.10. The molecule has 1 aliphatic rings. The lowest BCUT2D eigenvalue weighted by molar-refractivity contribution is -0.385. The molecule has 1 aliphatic heterocycles. The standard InChI is InChI=1S/C19H19BrN2O4/c20-15-6-7-17(18(12-15)22(24)25)19(23)26-16-8-10-21(11-9-16)13-14-4-2-1-3-5-14/h1-7,12,16H,8-11,13H2. The summed E-state index contributed by atoms with van der Waals surface area (Å²) in [6.45, 7) is 2.53. The highest BCUT2D eigenvalue weighted by Crippen LogP contribution is 2.26. The summed E-state index contributed by atoms with van der Waals surface area (Å²) in [5, 5.41) is 11.2. The SMILES string of the molecule is O=C(OC1CCN(Cc2ccccc2)CC1)c1ccc(Br)cc1[N+](=O)[O-]. The molecule has 0 amide bonds. The molecule has 7 heteroatoms. The Morgan fingerprint density at radius 2 is 1.88 bits per heavy atom. The fraction of sp³-hybridized carbons (Fsp3) is 0.316. The van der Waals surface area contributed by atoms with Gasteiger partial charge in [-0.05, 0) is 30.5 Å². The number of ether oxygens (including phenoxy) is 1. The van der Waals surface area contributed by atoms with Crippen LogP contribution in [0.3, 0.4) is 0 Å². The third kappa shape index (κ3) is 4.68. The van der Waals surface area contributed by atoms with Crippen LogP contribution in [0.25, 0.3) is 0 Å². The molecule has 0 saturated carbocycles. The van der Waals surface area contributed by atoms with E-state index < -0.39 is 10.9 Å². The van der Waals surface area contributed by atoms with E-state index in [2.05, 4.69) is 33.0 Å². The number of nitro benzene ring substituents is 1. The van der Waals surface area contributed by atoms with E-state index >= 15 is 0 Å². The summed E-state index contributed by atoms with van der Waals surface area (Å²) in [6.07, 6.45) is 1.24. The van der Waals surface area contributed by atoms with E-state index in [1.54, 1.807) is 6.07 Å². The van der Waals surface area contributed by atoms with Gasteiger partial charge in [-0.1, -0.05) is 46.3 Å². The molecule has 0 aliphatic carbocycles. The van der Waals surface area contributed by atoms with Gasteiger partial charge in [0.25, 0.3) is 5.69 Å². The zero-order chi connectivity index (χ0) is 18.5. The van der Waals surface area contributed by atoms with Crippen LogP contribution in [-0.4, -0.2) is 35.0 Å². The minimum absolute atomic E-state index is 0.00934. The van der Waals surface area contributed by atoms with Gasteiger partial charge < -0.3 is 4.74 Å². The van der Waals surface area contributed by atoms with Crippen LogP contribution < -0.4 is 0 Å². The van der Waals surface area contributed by atoms with Crippen LogP contribution in [0.4, 0.5) is 5.69 Å². The molecule has 3 rings (SSSR count). The molecule has 136 valence electrons. The molecular formula is C19H19BrN2O4. The van der Waals surface area contributed by atoms with Gasteiger partial charge in [0.1, 0.15) is 11.7 Å². The predicted molar refractivity (Wildman–Crippen MR) is 101 cm³/mol. The summed E-state index contributed by atoms with van der Waals surface area (Å²) in [5.74, 6) is -0.634. The minimum atomic E-state index is -0.634. The summed E-state index contributed by atoms with van der Waals surface area (Å²) in [7, 11) is 0. The number of hydrogen-bond donors (Lipinski definition) is 0. The number of esters is 1. The first-order valence-corrected chi connectivity index (χ1v) is 9.23. The maximum Gasteiger partial charge on any atom is 0.345 e. The number of carbonyl (C=O) groups is 1. The fourth-order valence-corrected chi connectivity index (χ4v) is 3.42. The van der Waals surface area contributed by atoms with Gasteiger partial charge in [0, 0.05) is 30.2 Å². The number of hydrogen-bond acceptors (Lipinski definition) is 5. The van der Waals surface area contributed by atoms with Crippen molar-refractivity contribution in [1.29, 1.82) is 0 Å². The monoisotopic (exact) mass is 418 g/mol. The van der Waals surface area contributed by atoms with E-state index in [4.69, 9.17) is 4.74 Å². The van der Waals surface area contributed by atoms with Crippen molar-refractivity contribution in [2.24, 2.45) is 0 Å². The van der Waals surface area contributed by atoms with E-state index in [0.717, 1.165) is 32.5 Å². The van der Waals surface area contributed by atoms with Crippen molar-refractivity contribution in [3.05, 3.63) is 74.2 Å². The minimum Gasteiger partial charge on any atom is -0.458 e. The quantitative estimate of drug-likeness (QED) is 0.413. The molecule has 0 unspecified atom stereocenters. The Morgan fingerprint density at radius 1 is 1.19 bits per heavy atom. The van der Waals surface area contributed by atoms with Crippen LogP contribution in [0, 0.1) is 10.1 Å². The molecular weight excluding hydrogens is 400 g/mol. The van der Waals surface area contributed by atoms with Crippen molar-refractivity contribution in [3.63, 3.8) is 0 Å². The number of nitro groups is 1. The third-order valence-corrected chi connectivity index (χ3v) is 4.93. The van der Waals surface area contributed by atoms with Crippen LogP contribution in [-0.2, 0) is 11.3 Å². The summed E-state index contributed by atoms with van der Waals surface area (Å²) in [5.41, 5.74) is 1.00. The molecule has 26 heavy (non-hydrogen) atoms. The van der Waals surface area contributed by atoms with Crippen LogP contribution in [0.15, 0.2) is 53.0 Å². The van der Waals surface area contributed by atoms with Crippen molar-refractivity contribution in [1.82, 2.24) is 4.90 Å². The molecule has 1 fully saturated rings. The van der Waals surface area contributed by atoms with E-state index in [0.29, 0.717) is 4.47 Å². The smallest absolute Gasteiger partial charge is 0.345 e. The highest BCUT2D eigenvalue weighted by atomic mass is 79.9. The Kier molecular flexibility index (Phi) is 6.00. The van der Waals surface area contributed by atoms with E-state index in [1.807, 2.05) is 18.2 Å². The van der Waals surface area contributed by atoms with Crippen LogP contribution in [0.5, 0.6) is 0 Å². The zero-order valence-electron chi connectivity index (χ0n) is 14.1. The molecule has 0 atom stereocenters. The zero-order valence-corrected chi connectivity index (χ0v) is 15.7. The van der Waals surface area contributed by atoms with Crippen molar-refractivity contribution in [3.8, 4) is 0 Å². The summed E-state index contributed by atoms with van der Waals surface area (Å²) in [6, 6.07) is 14.6. The molecule has 2 aromatic carbocycles. The lowest BCUT2D eigenvalue weighted by Crippen LogP contribution is -2.37. The van der Waals surface area contributed by atoms with E-state index in [9.17, 15) is 14.9 Å². The second kappa shape index (κ2) is 8.42. The molecule has 0 radical (unpaired) electrons. The Morgan fingerprint density at radius 3 is 2.54 bits per heavy atom. The Labute approximate surface area is 160 Å². The van der Waals surface area contributed by atoms with Crippen molar-refractivity contribution < 1.29 is 14.5 Å². The van der Waals surface area contributed by atoms with Gasteiger partial charge in [-0.3, -0.25) is 15.0 Å². The molecule has 6 nitrogen and oxygen atoms in total. The third-order valence-electron chi connectivity index (χ3n) is 4.43. The molecule has 0 bridgehead atoms. The predicted octanol–water partition coefficient (Wildman–Crippen LogP) is 4.18. The number of halogens is 1. The first-order chi connectivity index (χ1) is 12.5. The topological polar surface area (TPSA) is 72.7 Å². The number of carbonyl (C=O) groups excluding carboxylic acids is 1. The second-order valence-corrected chi connectivity index (χ2v) is 7.20. The molecule has 1 saturated heterocycles. The summed E-state index contributed by atoms with van der Waals surface area (Å²) >= 11 is 3.18. The average Bonchev–Trinajstić information content (AvgIpc) is 2.64. The average molecular weight is 419 g/mol. The molecule has 2 aromatic rings. The molecule has 1 heterocycles. The Bertz CT molecular complexity index is 789. The normalized spacial score (nSPS) is 15.6. The molecule has 0 aromatic heterocycles. The second-order valence-electron chi connectivity index (χ2n) is 6.28. The van der Waals surface area contributed by atoms with Gasteiger partial charge in [0.15, 0.2) is 0 Å². The van der Waals surface area contributed by atoms with Crippen molar-refractivity contribution in [2.45, 2.75) is 25.5 Å². The van der Waals surface area contributed by atoms with Crippen LogP contribution in [0.1, 0.15) is 28.8 Å². The van der Waals surface area contributed by atoms with Gasteiger partial charge in [-0.2, -0.15) is 0 Å². The van der Waals surface area contributed by atoms with Gasteiger partial charge in [0.05, 0.1) is 4.92 Å². The highest BCUT2D eigenvalue weighted by Gasteiger charge is 2.27. The maximum absolute atomic E-state index is 12.4. The first kappa shape index (κ1) is 18.5. The van der Waals surface area contributed by atoms with E-state index in [-0.39, 0.29) is 17.4 Å². The van der Waals surface area contributed by atoms with Crippen molar-refractivity contribution >= 4 is 27.6 Å². The Balaban J connectivity index is 1.56. The van der Waals surface area contributed by atoms with Crippen LogP contribution >= 0.6 is 15.9 Å². The lowest BCUT2D eigenvalue weighted by atomic mass is 10.1. The number of nitrogens with zero attached hydrogens (tertiary/aromatic N) is 2. The van der Waals surface area contributed by atoms with Gasteiger partial charge in [-0.25, -0.2) is 4.79 Å². The van der Waals surface area contributed by atoms with Gasteiger partial charge in [-0.15, -0.1) is 0 Å². The van der Waals surface area contributed by atoms with Gasteiger partial charge in [0.2, 0.25) is 0 Å². The number of benzene rings is 2. The fourth-order valence-electron chi connectivity index (χ4n) is 3.07. The summed E-state index contributed by atoms with van der Waals surface area (Å²) in [4.78, 5) is 25.3. The van der Waals surface area contributed by atoms with Crippen LogP contribution in [0.2, 0.25) is 0 Å². The lowest BCUT2D eigenvalue weighted by Gasteiger charge is -2.31.